The molecule has 2 aliphatic rings. The van der Waals surface area contributed by atoms with Gasteiger partial charge in [0.05, 0.1) is 0 Å². The zero-order valence-electron chi connectivity index (χ0n) is 8.80. The summed E-state index contributed by atoms with van der Waals surface area (Å²) >= 11 is 0. The lowest BCUT2D eigenvalue weighted by Crippen LogP contribution is -2.07. The molecule has 0 spiro atoms. The summed E-state index contributed by atoms with van der Waals surface area (Å²) in [6, 6.07) is 0. The molecule has 0 aromatic rings. The van der Waals surface area contributed by atoms with Gasteiger partial charge in [0.1, 0.15) is 0 Å². The largest absolute Gasteiger partial charge is 0.0878 e. The molecule has 2 bridgehead atoms. The Labute approximate surface area is 81.0 Å². The van der Waals surface area contributed by atoms with Gasteiger partial charge < -0.3 is 0 Å². The maximum atomic E-state index is 2.44. The summed E-state index contributed by atoms with van der Waals surface area (Å²) in [5.74, 6) is 0.751. The van der Waals surface area contributed by atoms with E-state index in [0.717, 1.165) is 5.92 Å². The van der Waals surface area contributed by atoms with E-state index in [1.54, 1.807) is 5.57 Å². The standard InChI is InChI=1S/C13H18/c1-4-11-8-13(7-10(2)3)6-5-12(11)9-13/h4-7,12H,8-9H2,1-3H3. The number of rotatable bonds is 1. The van der Waals surface area contributed by atoms with E-state index < -0.39 is 0 Å². The van der Waals surface area contributed by atoms with Gasteiger partial charge in [-0.3, -0.25) is 0 Å². The van der Waals surface area contributed by atoms with E-state index in [1.807, 2.05) is 0 Å². The van der Waals surface area contributed by atoms with Crippen LogP contribution in [0.25, 0.3) is 0 Å². The van der Waals surface area contributed by atoms with Crippen molar-refractivity contribution in [3.8, 4) is 0 Å². The van der Waals surface area contributed by atoms with Crippen molar-refractivity contribution in [1.29, 1.82) is 0 Å². The monoisotopic (exact) mass is 174 g/mol. The molecule has 0 radical (unpaired) electrons. The molecule has 1 saturated carbocycles. The van der Waals surface area contributed by atoms with Gasteiger partial charge in [-0.05, 0) is 39.5 Å². The lowest BCUT2D eigenvalue weighted by molar-refractivity contribution is 0.526. The van der Waals surface area contributed by atoms with Crippen LogP contribution in [-0.2, 0) is 0 Å². The predicted molar refractivity (Wildman–Crippen MR) is 57.5 cm³/mol. The van der Waals surface area contributed by atoms with Gasteiger partial charge in [-0.1, -0.05) is 35.5 Å². The molecule has 0 aliphatic heterocycles. The molecule has 0 aromatic heterocycles. The van der Waals surface area contributed by atoms with Gasteiger partial charge in [0.2, 0.25) is 0 Å². The topological polar surface area (TPSA) is 0 Å². The maximum absolute atomic E-state index is 2.44. The van der Waals surface area contributed by atoms with E-state index in [9.17, 15) is 0 Å². The molecule has 2 atom stereocenters. The lowest BCUT2D eigenvalue weighted by Gasteiger charge is -2.19. The Balaban J connectivity index is 2.30. The van der Waals surface area contributed by atoms with Crippen LogP contribution < -0.4 is 0 Å². The molecule has 70 valence electrons. The van der Waals surface area contributed by atoms with Gasteiger partial charge in [0.15, 0.2) is 0 Å². The minimum atomic E-state index is 0.394. The molecule has 0 N–H and O–H groups in total. The number of hydrogen-bond acceptors (Lipinski definition) is 0. The normalized spacial score (nSPS) is 38.7. The van der Waals surface area contributed by atoms with Crippen molar-refractivity contribution in [3.05, 3.63) is 35.5 Å². The van der Waals surface area contributed by atoms with Gasteiger partial charge >= 0.3 is 0 Å². The fourth-order valence-electron chi connectivity index (χ4n) is 2.80. The molecule has 0 saturated heterocycles. The molecule has 1 fully saturated rings. The predicted octanol–water partition coefficient (Wildman–Crippen LogP) is 3.87. The summed E-state index contributed by atoms with van der Waals surface area (Å²) < 4.78 is 0. The number of fused-ring (bicyclic) bond motifs is 2. The van der Waals surface area contributed by atoms with Crippen molar-refractivity contribution < 1.29 is 0 Å². The zero-order chi connectivity index (χ0) is 9.47. The molecule has 13 heavy (non-hydrogen) atoms. The third-order valence-electron chi connectivity index (χ3n) is 3.22. The van der Waals surface area contributed by atoms with Gasteiger partial charge in [-0.2, -0.15) is 0 Å². The highest BCUT2D eigenvalue weighted by molar-refractivity contribution is 5.36. The van der Waals surface area contributed by atoms with Crippen molar-refractivity contribution in [3.63, 3.8) is 0 Å². The minimum Gasteiger partial charge on any atom is -0.0878 e. The third kappa shape index (κ3) is 1.39. The van der Waals surface area contributed by atoms with E-state index in [2.05, 4.69) is 45.1 Å². The molecule has 0 heterocycles. The Bertz CT molecular complexity index is 300. The number of hydrogen-bond donors (Lipinski definition) is 0. The van der Waals surface area contributed by atoms with Crippen LogP contribution in [0.5, 0.6) is 0 Å². The average Bonchev–Trinajstić information content (AvgIpc) is 2.58. The summed E-state index contributed by atoms with van der Waals surface area (Å²) in [6.45, 7) is 6.56. The molecule has 2 rings (SSSR count). The number of allylic oxidation sites excluding steroid dienone is 6. The first-order valence-electron chi connectivity index (χ1n) is 5.16. The van der Waals surface area contributed by atoms with Crippen LogP contribution in [0.2, 0.25) is 0 Å². The molecule has 0 nitrogen and oxygen atoms in total. The second-order valence-electron chi connectivity index (χ2n) is 4.66. The lowest BCUT2D eigenvalue weighted by atomic mass is 9.85. The Kier molecular flexibility index (Phi) is 1.94. The van der Waals surface area contributed by atoms with Crippen molar-refractivity contribution in [1.82, 2.24) is 0 Å². The average molecular weight is 174 g/mol. The first kappa shape index (κ1) is 8.80. The fourth-order valence-corrected chi connectivity index (χ4v) is 2.80. The van der Waals surface area contributed by atoms with Crippen LogP contribution in [0.1, 0.15) is 33.6 Å². The quantitative estimate of drug-likeness (QED) is 0.529. The summed E-state index contributed by atoms with van der Waals surface area (Å²) in [6.07, 6.45) is 12.1. The maximum Gasteiger partial charge on any atom is 0.0110 e. The van der Waals surface area contributed by atoms with Crippen LogP contribution in [0.15, 0.2) is 35.5 Å². The van der Waals surface area contributed by atoms with E-state index in [-0.39, 0.29) is 0 Å². The molecular weight excluding hydrogens is 156 g/mol. The van der Waals surface area contributed by atoms with Crippen molar-refractivity contribution >= 4 is 0 Å². The summed E-state index contributed by atoms with van der Waals surface area (Å²) in [5, 5.41) is 0. The Morgan fingerprint density at radius 1 is 1.54 bits per heavy atom. The summed E-state index contributed by atoms with van der Waals surface area (Å²) in [4.78, 5) is 0. The highest BCUT2D eigenvalue weighted by Gasteiger charge is 2.41. The van der Waals surface area contributed by atoms with E-state index >= 15 is 0 Å². The van der Waals surface area contributed by atoms with Crippen molar-refractivity contribution in [2.24, 2.45) is 11.3 Å². The van der Waals surface area contributed by atoms with E-state index in [4.69, 9.17) is 0 Å². The van der Waals surface area contributed by atoms with Gasteiger partial charge in [0.25, 0.3) is 0 Å². The summed E-state index contributed by atoms with van der Waals surface area (Å²) in [5.41, 5.74) is 3.48. The molecule has 2 aliphatic carbocycles. The van der Waals surface area contributed by atoms with E-state index in [1.165, 1.54) is 18.4 Å². The van der Waals surface area contributed by atoms with Crippen molar-refractivity contribution in [2.45, 2.75) is 33.6 Å². The van der Waals surface area contributed by atoms with Gasteiger partial charge in [0, 0.05) is 5.41 Å². The Morgan fingerprint density at radius 2 is 2.31 bits per heavy atom. The van der Waals surface area contributed by atoms with E-state index in [0.29, 0.717) is 5.41 Å². The van der Waals surface area contributed by atoms with Crippen LogP contribution in [0.4, 0.5) is 0 Å². The summed E-state index contributed by atoms with van der Waals surface area (Å²) in [7, 11) is 0. The van der Waals surface area contributed by atoms with Crippen LogP contribution in [0, 0.1) is 11.3 Å². The Morgan fingerprint density at radius 3 is 2.85 bits per heavy atom. The van der Waals surface area contributed by atoms with Crippen LogP contribution in [0.3, 0.4) is 0 Å². The molecular formula is C13H18. The molecule has 2 unspecified atom stereocenters. The zero-order valence-corrected chi connectivity index (χ0v) is 8.80. The van der Waals surface area contributed by atoms with Crippen LogP contribution in [-0.4, -0.2) is 0 Å². The molecule has 0 aromatic carbocycles. The SMILES string of the molecule is CC=C1CC2(C=C(C)C)C=CC1C2. The first-order valence-corrected chi connectivity index (χ1v) is 5.16. The minimum absolute atomic E-state index is 0.394. The van der Waals surface area contributed by atoms with Crippen LogP contribution >= 0.6 is 0 Å². The van der Waals surface area contributed by atoms with Gasteiger partial charge in [-0.15, -0.1) is 0 Å². The highest BCUT2D eigenvalue weighted by Crippen LogP contribution is 2.53. The second kappa shape index (κ2) is 2.87. The third-order valence-corrected chi connectivity index (χ3v) is 3.22. The van der Waals surface area contributed by atoms with Gasteiger partial charge in [-0.25, -0.2) is 0 Å². The second-order valence-corrected chi connectivity index (χ2v) is 4.66. The fraction of sp³-hybridized carbons (Fsp3) is 0.538. The highest BCUT2D eigenvalue weighted by atomic mass is 14.4. The molecule has 0 amide bonds. The van der Waals surface area contributed by atoms with Crippen molar-refractivity contribution in [2.75, 3.05) is 0 Å². The Hall–Kier alpha value is -0.780. The first-order chi connectivity index (χ1) is 6.15. The smallest absolute Gasteiger partial charge is 0.0110 e. The molecule has 0 heteroatoms.